The van der Waals surface area contributed by atoms with Crippen molar-refractivity contribution in [2.45, 2.75) is 25.0 Å². The minimum atomic E-state index is 0. The zero-order chi connectivity index (χ0) is 5.56. The van der Waals surface area contributed by atoms with E-state index in [1.807, 2.05) is 0 Å². The van der Waals surface area contributed by atoms with E-state index < -0.39 is 0 Å². The Kier molecular flexibility index (Phi) is 1.99. The molecule has 0 radical (unpaired) electrons. The van der Waals surface area contributed by atoms with Crippen LogP contribution in [0.2, 0.25) is 0 Å². The van der Waals surface area contributed by atoms with E-state index in [2.05, 4.69) is 5.32 Å². The molecular weight excluding hydrogens is 138 g/mol. The van der Waals surface area contributed by atoms with Crippen LogP contribution in [0.3, 0.4) is 0 Å². The van der Waals surface area contributed by atoms with Crippen LogP contribution in [0.25, 0.3) is 0 Å². The van der Waals surface area contributed by atoms with Gasteiger partial charge in [-0.2, -0.15) is 0 Å². The Morgan fingerprint density at radius 3 is 2.33 bits per heavy atom. The molecule has 2 N–H and O–H groups in total. The first-order valence-electron chi connectivity index (χ1n) is 3.28. The van der Waals surface area contributed by atoms with Gasteiger partial charge in [-0.15, -0.1) is 12.4 Å². The number of aliphatic hydroxyl groups excluding tert-OH is 1. The summed E-state index contributed by atoms with van der Waals surface area (Å²) in [6.07, 6.45) is 2.22. The van der Waals surface area contributed by atoms with Gasteiger partial charge in [-0.1, -0.05) is 0 Å². The molecule has 2 fully saturated rings. The highest BCUT2D eigenvalue weighted by molar-refractivity contribution is 5.85. The Hall–Kier alpha value is 0.210. The van der Waals surface area contributed by atoms with E-state index in [1.54, 1.807) is 0 Å². The molecule has 0 aromatic rings. The predicted octanol–water partition coefficient (Wildman–Crippen LogP) is 0.151. The van der Waals surface area contributed by atoms with Crippen LogP contribution < -0.4 is 5.32 Å². The van der Waals surface area contributed by atoms with Gasteiger partial charge in [0, 0.05) is 12.6 Å². The van der Waals surface area contributed by atoms with E-state index in [4.69, 9.17) is 0 Å². The van der Waals surface area contributed by atoms with Crippen molar-refractivity contribution in [2.75, 3.05) is 6.54 Å². The number of hydrogen-bond donors (Lipinski definition) is 2. The molecule has 2 bridgehead atoms. The average molecular weight is 150 g/mol. The van der Waals surface area contributed by atoms with Gasteiger partial charge in [0.2, 0.25) is 0 Å². The lowest BCUT2D eigenvalue weighted by Gasteiger charge is -2.15. The van der Waals surface area contributed by atoms with Crippen LogP contribution in [-0.4, -0.2) is 23.8 Å². The second kappa shape index (κ2) is 2.45. The van der Waals surface area contributed by atoms with Gasteiger partial charge in [0.05, 0.1) is 6.10 Å². The molecule has 0 aromatic heterocycles. The second-order valence-corrected chi connectivity index (χ2v) is 2.90. The maximum absolute atomic E-state index is 9.18. The SMILES string of the molecule is Cl.O[C@@H]1C[C@@H]2C[C@H]1CN2. The Morgan fingerprint density at radius 1 is 1.33 bits per heavy atom. The maximum atomic E-state index is 9.18. The van der Waals surface area contributed by atoms with Gasteiger partial charge in [-0.3, -0.25) is 0 Å². The number of fused-ring (bicyclic) bond motifs is 2. The topological polar surface area (TPSA) is 32.3 Å². The molecule has 1 saturated heterocycles. The third-order valence-corrected chi connectivity index (χ3v) is 2.33. The summed E-state index contributed by atoms with van der Waals surface area (Å²) in [7, 11) is 0. The van der Waals surface area contributed by atoms with Gasteiger partial charge in [-0.05, 0) is 18.8 Å². The number of piperidine rings is 1. The van der Waals surface area contributed by atoms with Crippen LogP contribution in [0.15, 0.2) is 0 Å². The largest absolute Gasteiger partial charge is 0.393 e. The van der Waals surface area contributed by atoms with Crippen LogP contribution in [-0.2, 0) is 0 Å². The van der Waals surface area contributed by atoms with Crippen molar-refractivity contribution in [2.24, 2.45) is 5.92 Å². The van der Waals surface area contributed by atoms with Crippen LogP contribution >= 0.6 is 12.4 Å². The Labute approximate surface area is 61.0 Å². The van der Waals surface area contributed by atoms with Crippen molar-refractivity contribution in [3.8, 4) is 0 Å². The number of rotatable bonds is 0. The highest BCUT2D eigenvalue weighted by atomic mass is 35.5. The standard InChI is InChI=1S/C6H11NO.ClH/c8-6-2-5-1-4(6)3-7-5;/h4-8H,1-3H2;1H/t4-,5-,6+;/m0./s1. The number of nitrogens with one attached hydrogen (secondary N) is 1. The van der Waals surface area contributed by atoms with Gasteiger partial charge in [-0.25, -0.2) is 0 Å². The van der Waals surface area contributed by atoms with Crippen molar-refractivity contribution in [3.63, 3.8) is 0 Å². The molecule has 2 aliphatic rings. The Balaban J connectivity index is 0.000000405. The molecule has 1 heterocycles. The zero-order valence-corrected chi connectivity index (χ0v) is 6.03. The summed E-state index contributed by atoms with van der Waals surface area (Å²) in [5.74, 6) is 0.583. The molecular formula is C6H12ClNO. The molecule has 1 aliphatic carbocycles. The quantitative estimate of drug-likeness (QED) is 0.514. The molecule has 2 rings (SSSR count). The molecule has 3 heteroatoms. The van der Waals surface area contributed by atoms with Crippen molar-refractivity contribution in [1.82, 2.24) is 5.32 Å². The normalized spacial score (nSPS) is 47.0. The molecule has 0 spiro atoms. The third kappa shape index (κ3) is 1.07. The van der Waals surface area contributed by atoms with Crippen LogP contribution in [0.1, 0.15) is 12.8 Å². The highest BCUT2D eigenvalue weighted by Gasteiger charge is 2.37. The average Bonchev–Trinajstić information content (AvgIpc) is 2.23. The van der Waals surface area contributed by atoms with E-state index >= 15 is 0 Å². The predicted molar refractivity (Wildman–Crippen MR) is 37.8 cm³/mol. The third-order valence-electron chi connectivity index (χ3n) is 2.33. The minimum absolute atomic E-state index is 0. The first-order valence-corrected chi connectivity index (χ1v) is 3.28. The van der Waals surface area contributed by atoms with Crippen molar-refractivity contribution in [1.29, 1.82) is 0 Å². The molecule has 2 nitrogen and oxygen atoms in total. The summed E-state index contributed by atoms with van der Waals surface area (Å²) < 4.78 is 0. The molecule has 0 aromatic carbocycles. The second-order valence-electron chi connectivity index (χ2n) is 2.90. The lowest BCUT2D eigenvalue weighted by Crippen LogP contribution is -2.32. The summed E-state index contributed by atoms with van der Waals surface area (Å²) in [5.41, 5.74) is 0. The Bertz CT molecular complexity index is 107. The Morgan fingerprint density at radius 2 is 2.11 bits per heavy atom. The first-order chi connectivity index (χ1) is 3.86. The summed E-state index contributed by atoms with van der Waals surface area (Å²) >= 11 is 0. The highest BCUT2D eigenvalue weighted by Crippen LogP contribution is 2.30. The minimum Gasteiger partial charge on any atom is -0.393 e. The molecule has 1 aliphatic heterocycles. The lowest BCUT2D eigenvalue weighted by molar-refractivity contribution is 0.121. The fourth-order valence-electron chi connectivity index (χ4n) is 1.81. The van der Waals surface area contributed by atoms with Gasteiger partial charge >= 0.3 is 0 Å². The molecule has 9 heavy (non-hydrogen) atoms. The fraction of sp³-hybridized carbons (Fsp3) is 1.00. The van der Waals surface area contributed by atoms with Crippen LogP contribution in [0.4, 0.5) is 0 Å². The van der Waals surface area contributed by atoms with Crippen LogP contribution in [0, 0.1) is 5.92 Å². The summed E-state index contributed by atoms with van der Waals surface area (Å²) in [6.45, 7) is 1.05. The number of hydrogen-bond acceptors (Lipinski definition) is 2. The van der Waals surface area contributed by atoms with Gasteiger partial charge in [0.15, 0.2) is 0 Å². The smallest absolute Gasteiger partial charge is 0.0595 e. The summed E-state index contributed by atoms with van der Waals surface area (Å²) in [5, 5.41) is 12.5. The maximum Gasteiger partial charge on any atom is 0.0595 e. The van der Waals surface area contributed by atoms with Gasteiger partial charge in [0.1, 0.15) is 0 Å². The molecule has 0 amide bonds. The van der Waals surface area contributed by atoms with Crippen LogP contribution in [0.5, 0.6) is 0 Å². The summed E-state index contributed by atoms with van der Waals surface area (Å²) in [6, 6.07) is 0.648. The monoisotopic (exact) mass is 149 g/mol. The van der Waals surface area contributed by atoms with E-state index in [0.717, 1.165) is 13.0 Å². The van der Waals surface area contributed by atoms with Crippen molar-refractivity contribution < 1.29 is 5.11 Å². The fourth-order valence-corrected chi connectivity index (χ4v) is 1.81. The summed E-state index contributed by atoms with van der Waals surface area (Å²) in [4.78, 5) is 0. The molecule has 3 atom stereocenters. The number of halogens is 1. The van der Waals surface area contributed by atoms with Gasteiger partial charge in [0.25, 0.3) is 0 Å². The van der Waals surface area contributed by atoms with Crippen molar-refractivity contribution >= 4 is 12.4 Å². The van der Waals surface area contributed by atoms with E-state index in [9.17, 15) is 5.11 Å². The van der Waals surface area contributed by atoms with Gasteiger partial charge < -0.3 is 10.4 Å². The van der Waals surface area contributed by atoms with E-state index in [1.165, 1.54) is 6.42 Å². The van der Waals surface area contributed by atoms with E-state index in [0.29, 0.717) is 12.0 Å². The first kappa shape index (κ1) is 7.32. The number of aliphatic hydroxyl groups is 1. The molecule has 54 valence electrons. The van der Waals surface area contributed by atoms with E-state index in [-0.39, 0.29) is 18.5 Å². The molecule has 1 saturated carbocycles. The lowest BCUT2D eigenvalue weighted by atomic mass is 10.1. The zero-order valence-electron chi connectivity index (χ0n) is 5.21. The van der Waals surface area contributed by atoms with Crippen molar-refractivity contribution in [3.05, 3.63) is 0 Å². The molecule has 0 unspecified atom stereocenters.